The molecular formula is C15H17Cl2N5S2. The van der Waals surface area contributed by atoms with Gasteiger partial charge in [-0.2, -0.15) is 0 Å². The molecule has 1 aromatic carbocycles. The maximum atomic E-state index is 6.04. The fourth-order valence-corrected chi connectivity index (χ4v) is 3.83. The van der Waals surface area contributed by atoms with E-state index in [1.807, 2.05) is 18.3 Å². The molecule has 1 N–H and O–H groups in total. The first-order valence-electron chi connectivity index (χ1n) is 7.57. The number of piperazine rings is 1. The first kappa shape index (κ1) is 17.9. The summed E-state index contributed by atoms with van der Waals surface area (Å²) in [6, 6.07) is 5.57. The van der Waals surface area contributed by atoms with E-state index in [2.05, 4.69) is 20.5 Å². The van der Waals surface area contributed by atoms with Crippen LogP contribution in [0.5, 0.6) is 0 Å². The minimum atomic E-state index is 0.548. The Morgan fingerprint density at radius 2 is 2.04 bits per heavy atom. The Morgan fingerprint density at radius 1 is 1.25 bits per heavy atom. The minimum Gasteiger partial charge on any atom is -0.355 e. The van der Waals surface area contributed by atoms with Gasteiger partial charge in [0.1, 0.15) is 4.32 Å². The first-order chi connectivity index (χ1) is 11.6. The van der Waals surface area contributed by atoms with Crippen molar-refractivity contribution in [1.29, 1.82) is 0 Å². The van der Waals surface area contributed by atoms with E-state index in [9.17, 15) is 0 Å². The van der Waals surface area contributed by atoms with Crippen LogP contribution in [0, 0.1) is 0 Å². The molecule has 1 aromatic heterocycles. The number of thiocarbonyl (C=S) groups is 1. The third-order valence-corrected chi connectivity index (χ3v) is 5.93. The third-order valence-electron chi connectivity index (χ3n) is 3.63. The monoisotopic (exact) mass is 401 g/mol. The number of aromatic nitrogens is 3. The standard InChI is InChI=1S/C15H17Cl2N5S2/c16-13-2-1-11(7-14(13)17)8-22-9-12(19-20-22)10-24-15(23)21-5-3-18-4-6-21/h1-2,7,9,18H,3-6,8,10H2. The Morgan fingerprint density at radius 3 is 2.79 bits per heavy atom. The van der Waals surface area contributed by atoms with E-state index in [1.165, 1.54) is 0 Å². The zero-order valence-corrected chi connectivity index (χ0v) is 16.1. The molecule has 2 heterocycles. The van der Waals surface area contributed by atoms with Crippen molar-refractivity contribution < 1.29 is 0 Å². The molecule has 0 unspecified atom stereocenters. The van der Waals surface area contributed by atoms with Crippen LogP contribution in [0.1, 0.15) is 11.3 Å². The molecule has 0 amide bonds. The van der Waals surface area contributed by atoms with Crippen LogP contribution in [0.4, 0.5) is 0 Å². The topological polar surface area (TPSA) is 46.0 Å². The van der Waals surface area contributed by atoms with Gasteiger partial charge in [0.15, 0.2) is 0 Å². The van der Waals surface area contributed by atoms with Crippen LogP contribution in [0.3, 0.4) is 0 Å². The van der Waals surface area contributed by atoms with Crippen LogP contribution in [-0.2, 0) is 12.3 Å². The van der Waals surface area contributed by atoms with Gasteiger partial charge in [0.25, 0.3) is 0 Å². The van der Waals surface area contributed by atoms with E-state index in [0.717, 1.165) is 47.5 Å². The maximum Gasteiger partial charge on any atom is 0.136 e. The van der Waals surface area contributed by atoms with Gasteiger partial charge in [0, 0.05) is 38.1 Å². The van der Waals surface area contributed by atoms with Gasteiger partial charge in [-0.1, -0.05) is 58.5 Å². The molecule has 0 spiro atoms. The molecule has 0 saturated carbocycles. The Bertz CT molecular complexity index is 716. The molecule has 1 saturated heterocycles. The average Bonchev–Trinajstić information content (AvgIpc) is 3.04. The Balaban J connectivity index is 1.53. The average molecular weight is 402 g/mol. The van der Waals surface area contributed by atoms with Crippen LogP contribution in [0.15, 0.2) is 24.4 Å². The molecule has 128 valence electrons. The molecule has 3 rings (SSSR count). The second kappa shape index (κ2) is 8.49. The van der Waals surface area contributed by atoms with Crippen molar-refractivity contribution in [2.45, 2.75) is 12.3 Å². The molecule has 24 heavy (non-hydrogen) atoms. The van der Waals surface area contributed by atoms with Crippen molar-refractivity contribution in [3.05, 3.63) is 45.7 Å². The van der Waals surface area contributed by atoms with E-state index < -0.39 is 0 Å². The molecular weight excluding hydrogens is 385 g/mol. The predicted molar refractivity (Wildman–Crippen MR) is 104 cm³/mol. The molecule has 2 aromatic rings. The van der Waals surface area contributed by atoms with Gasteiger partial charge in [-0.15, -0.1) is 5.10 Å². The number of rotatable bonds is 4. The summed E-state index contributed by atoms with van der Waals surface area (Å²) in [6.45, 7) is 4.52. The summed E-state index contributed by atoms with van der Waals surface area (Å²) in [5.74, 6) is 0.726. The Hall–Kier alpha value is -0.860. The molecule has 0 atom stereocenters. The van der Waals surface area contributed by atoms with Crippen LogP contribution in [0.25, 0.3) is 0 Å². The number of nitrogens with one attached hydrogen (secondary N) is 1. The fraction of sp³-hybridized carbons (Fsp3) is 0.400. The number of hydrogen-bond acceptors (Lipinski definition) is 5. The van der Waals surface area contributed by atoms with Crippen molar-refractivity contribution in [1.82, 2.24) is 25.2 Å². The largest absolute Gasteiger partial charge is 0.355 e. The lowest BCUT2D eigenvalue weighted by Gasteiger charge is -2.28. The number of hydrogen-bond donors (Lipinski definition) is 1. The van der Waals surface area contributed by atoms with E-state index in [4.69, 9.17) is 35.4 Å². The van der Waals surface area contributed by atoms with Crippen molar-refractivity contribution in [3.8, 4) is 0 Å². The highest BCUT2D eigenvalue weighted by atomic mass is 35.5. The van der Waals surface area contributed by atoms with Crippen molar-refractivity contribution in [3.63, 3.8) is 0 Å². The second-order valence-corrected chi connectivity index (χ2v) is 7.87. The SMILES string of the molecule is S=C(SCc1cn(Cc2ccc(Cl)c(Cl)c2)nn1)N1CCNCC1. The second-order valence-electron chi connectivity index (χ2n) is 5.45. The Labute approximate surface area is 160 Å². The zero-order chi connectivity index (χ0) is 16.9. The fourth-order valence-electron chi connectivity index (χ4n) is 2.38. The number of thioether (sulfide) groups is 1. The van der Waals surface area contributed by atoms with Gasteiger partial charge in [-0.25, -0.2) is 4.68 Å². The molecule has 1 aliphatic heterocycles. The lowest BCUT2D eigenvalue weighted by atomic mass is 10.2. The van der Waals surface area contributed by atoms with E-state index >= 15 is 0 Å². The molecule has 5 nitrogen and oxygen atoms in total. The van der Waals surface area contributed by atoms with Crippen molar-refractivity contribution in [2.75, 3.05) is 26.2 Å². The van der Waals surface area contributed by atoms with Gasteiger partial charge in [-0.3, -0.25) is 0 Å². The van der Waals surface area contributed by atoms with Crippen molar-refractivity contribution >= 4 is 51.5 Å². The number of halogens is 2. The summed E-state index contributed by atoms with van der Waals surface area (Å²) in [5, 5.41) is 12.8. The number of nitrogens with zero attached hydrogens (tertiary/aromatic N) is 4. The first-order valence-corrected chi connectivity index (χ1v) is 9.72. The molecule has 1 aliphatic rings. The predicted octanol–water partition coefficient (Wildman–Crippen LogP) is 3.06. The molecule has 0 bridgehead atoms. The van der Waals surface area contributed by atoms with Gasteiger partial charge >= 0.3 is 0 Å². The molecule has 0 aliphatic carbocycles. The quantitative estimate of drug-likeness (QED) is 0.794. The smallest absolute Gasteiger partial charge is 0.136 e. The Kier molecular flexibility index (Phi) is 6.35. The summed E-state index contributed by atoms with van der Waals surface area (Å²) in [5.41, 5.74) is 1.95. The van der Waals surface area contributed by atoms with Crippen LogP contribution < -0.4 is 5.32 Å². The zero-order valence-electron chi connectivity index (χ0n) is 12.9. The summed E-state index contributed by atoms with van der Waals surface area (Å²) >= 11 is 19.1. The normalized spacial score (nSPS) is 14.8. The van der Waals surface area contributed by atoms with Crippen LogP contribution >= 0.6 is 47.2 Å². The summed E-state index contributed by atoms with van der Waals surface area (Å²) in [6.07, 6.45) is 1.94. The number of benzene rings is 1. The lowest BCUT2D eigenvalue weighted by molar-refractivity contribution is 0.368. The van der Waals surface area contributed by atoms with Gasteiger partial charge in [0.2, 0.25) is 0 Å². The third kappa shape index (κ3) is 4.83. The molecule has 9 heteroatoms. The highest BCUT2D eigenvalue weighted by Crippen LogP contribution is 2.23. The summed E-state index contributed by atoms with van der Waals surface area (Å²) < 4.78 is 2.72. The van der Waals surface area contributed by atoms with Crippen LogP contribution in [0.2, 0.25) is 10.0 Å². The summed E-state index contributed by atoms with van der Waals surface area (Å²) in [4.78, 5) is 2.23. The maximum absolute atomic E-state index is 6.04. The minimum absolute atomic E-state index is 0.548. The molecule has 1 fully saturated rings. The van der Waals surface area contributed by atoms with Crippen molar-refractivity contribution in [2.24, 2.45) is 0 Å². The van der Waals surface area contributed by atoms with E-state index in [1.54, 1.807) is 22.5 Å². The van der Waals surface area contributed by atoms with E-state index in [0.29, 0.717) is 16.6 Å². The summed E-state index contributed by atoms with van der Waals surface area (Å²) in [7, 11) is 0. The van der Waals surface area contributed by atoms with Gasteiger partial charge in [-0.05, 0) is 17.7 Å². The van der Waals surface area contributed by atoms with Gasteiger partial charge < -0.3 is 10.2 Å². The van der Waals surface area contributed by atoms with Gasteiger partial charge in [0.05, 0.1) is 22.3 Å². The lowest BCUT2D eigenvalue weighted by Crippen LogP contribution is -2.44. The van der Waals surface area contributed by atoms with E-state index in [-0.39, 0.29) is 0 Å². The highest BCUT2D eigenvalue weighted by Gasteiger charge is 2.14. The highest BCUT2D eigenvalue weighted by molar-refractivity contribution is 8.22. The molecule has 0 radical (unpaired) electrons. The van der Waals surface area contributed by atoms with Crippen LogP contribution in [-0.4, -0.2) is 50.4 Å².